The fourth-order valence-corrected chi connectivity index (χ4v) is 8.16. The van der Waals surface area contributed by atoms with E-state index >= 15 is 0 Å². The molecular formula is C18H28O3Si. The normalized spacial score (nSPS) is 12.8. The van der Waals surface area contributed by atoms with Crippen LogP contribution in [0.15, 0.2) is 18.2 Å². The Labute approximate surface area is 135 Å². The Kier molecular flexibility index (Phi) is 6.54. The number of carbonyl (C=O) groups is 2. The number of rotatable bonds is 7. The number of esters is 1. The molecule has 0 heterocycles. The first kappa shape index (κ1) is 18.6. The first-order chi connectivity index (χ1) is 10.4. The average Bonchev–Trinajstić information content (AvgIpc) is 2.52. The maximum atomic E-state index is 12.4. The van der Waals surface area contributed by atoms with E-state index in [4.69, 9.17) is 4.74 Å². The highest BCUT2D eigenvalue weighted by Crippen LogP contribution is 2.38. The lowest BCUT2D eigenvalue weighted by atomic mass is 10.0. The molecule has 3 nitrogen and oxygen atoms in total. The Balaban J connectivity index is 3.40. The summed E-state index contributed by atoms with van der Waals surface area (Å²) >= 11 is 0. The van der Waals surface area contributed by atoms with Crippen LogP contribution in [-0.2, 0) is 9.53 Å². The van der Waals surface area contributed by atoms with E-state index in [1.54, 1.807) is 13.0 Å². The Bertz CT molecular complexity index is 539. The van der Waals surface area contributed by atoms with Crippen molar-refractivity contribution in [2.45, 2.75) is 58.3 Å². The summed E-state index contributed by atoms with van der Waals surface area (Å²) in [6.45, 7) is 10.3. The predicted octanol–water partition coefficient (Wildman–Crippen LogP) is 4.50. The second-order valence-electron chi connectivity index (χ2n) is 6.03. The van der Waals surface area contributed by atoms with Crippen molar-refractivity contribution in [2.24, 2.45) is 0 Å². The molecule has 0 aliphatic heterocycles. The first-order valence-corrected chi connectivity index (χ1v) is 10.8. The quantitative estimate of drug-likeness (QED) is 0.548. The van der Waals surface area contributed by atoms with Crippen molar-refractivity contribution in [1.82, 2.24) is 0 Å². The van der Waals surface area contributed by atoms with Crippen molar-refractivity contribution >= 4 is 19.8 Å². The zero-order chi connectivity index (χ0) is 16.9. The van der Waals surface area contributed by atoms with Crippen LogP contribution < -0.4 is 0 Å². The second-order valence-corrected chi connectivity index (χ2v) is 11.5. The molecule has 122 valence electrons. The molecule has 1 rings (SSSR count). The van der Waals surface area contributed by atoms with E-state index in [1.165, 1.54) is 7.11 Å². The van der Waals surface area contributed by atoms with Crippen LogP contribution >= 0.6 is 0 Å². The maximum Gasteiger partial charge on any atom is 0.337 e. The van der Waals surface area contributed by atoms with Crippen LogP contribution in [0.4, 0.5) is 0 Å². The lowest BCUT2D eigenvalue weighted by molar-refractivity contribution is -0.117. The zero-order valence-corrected chi connectivity index (χ0v) is 15.7. The van der Waals surface area contributed by atoms with Crippen molar-refractivity contribution in [3.8, 4) is 0 Å². The summed E-state index contributed by atoms with van der Waals surface area (Å²) < 4.78 is 4.77. The topological polar surface area (TPSA) is 43.4 Å². The Morgan fingerprint density at radius 1 is 1.14 bits per heavy atom. The number of hydrogen-bond acceptors (Lipinski definition) is 3. The molecule has 0 N–H and O–H groups in total. The van der Waals surface area contributed by atoms with Crippen LogP contribution in [0.1, 0.15) is 54.7 Å². The fraction of sp³-hybridized carbons (Fsp3) is 0.556. The van der Waals surface area contributed by atoms with Gasteiger partial charge in [-0.1, -0.05) is 45.0 Å². The van der Waals surface area contributed by atoms with E-state index in [2.05, 4.69) is 20.8 Å². The molecule has 0 saturated heterocycles. The SMILES string of the molecule is CC[Si](CC)(CC)C(C(C)=O)c1ccc(C(=O)OC)cc1C. The molecule has 0 spiro atoms. The minimum Gasteiger partial charge on any atom is -0.465 e. The molecule has 1 aromatic rings. The van der Waals surface area contributed by atoms with Gasteiger partial charge in [0.1, 0.15) is 5.78 Å². The van der Waals surface area contributed by atoms with Crippen LogP contribution in [0.2, 0.25) is 18.1 Å². The highest BCUT2D eigenvalue weighted by Gasteiger charge is 2.40. The predicted molar refractivity (Wildman–Crippen MR) is 93.1 cm³/mol. The molecule has 0 aliphatic carbocycles. The first-order valence-electron chi connectivity index (χ1n) is 8.06. The lowest BCUT2D eigenvalue weighted by Crippen LogP contribution is -2.43. The molecule has 0 aromatic heterocycles. The lowest BCUT2D eigenvalue weighted by Gasteiger charge is -2.36. The Morgan fingerprint density at radius 2 is 1.68 bits per heavy atom. The van der Waals surface area contributed by atoms with Crippen LogP contribution in [0.25, 0.3) is 0 Å². The van der Waals surface area contributed by atoms with Crippen molar-refractivity contribution in [2.75, 3.05) is 7.11 Å². The van der Waals surface area contributed by atoms with Gasteiger partial charge in [-0.2, -0.15) is 0 Å². The van der Waals surface area contributed by atoms with E-state index in [9.17, 15) is 9.59 Å². The number of carbonyl (C=O) groups excluding carboxylic acids is 2. The van der Waals surface area contributed by atoms with Gasteiger partial charge in [0, 0.05) is 5.54 Å². The van der Waals surface area contributed by atoms with Gasteiger partial charge in [-0.25, -0.2) is 4.79 Å². The van der Waals surface area contributed by atoms with Crippen LogP contribution in [0.3, 0.4) is 0 Å². The highest BCUT2D eigenvalue weighted by atomic mass is 28.3. The summed E-state index contributed by atoms with van der Waals surface area (Å²) in [6, 6.07) is 8.88. The van der Waals surface area contributed by atoms with Gasteiger partial charge in [-0.15, -0.1) is 0 Å². The number of ketones is 1. The number of hydrogen-bond donors (Lipinski definition) is 0. The largest absolute Gasteiger partial charge is 0.465 e. The summed E-state index contributed by atoms with van der Waals surface area (Å²) in [7, 11) is -0.319. The van der Waals surface area contributed by atoms with Crippen LogP contribution in [0, 0.1) is 6.92 Å². The van der Waals surface area contributed by atoms with Crippen LogP contribution in [0.5, 0.6) is 0 Å². The van der Waals surface area contributed by atoms with E-state index < -0.39 is 8.07 Å². The number of methoxy groups -OCH3 is 1. The summed E-state index contributed by atoms with van der Waals surface area (Å²) in [4.78, 5) is 24.1. The van der Waals surface area contributed by atoms with E-state index in [0.717, 1.165) is 29.3 Å². The molecule has 0 amide bonds. The average molecular weight is 321 g/mol. The van der Waals surface area contributed by atoms with Gasteiger partial charge >= 0.3 is 5.97 Å². The van der Waals surface area contributed by atoms with Gasteiger partial charge in [-0.3, -0.25) is 4.79 Å². The monoisotopic (exact) mass is 320 g/mol. The zero-order valence-electron chi connectivity index (χ0n) is 14.7. The van der Waals surface area contributed by atoms with Crippen molar-refractivity contribution in [3.63, 3.8) is 0 Å². The third kappa shape index (κ3) is 3.49. The van der Waals surface area contributed by atoms with Gasteiger partial charge in [0.2, 0.25) is 0 Å². The molecular weight excluding hydrogens is 292 g/mol. The van der Waals surface area contributed by atoms with Gasteiger partial charge in [0.05, 0.1) is 20.7 Å². The standard InChI is InChI=1S/C18H28O3Si/c1-7-22(8-2,9-3)17(14(5)19)16-11-10-15(12-13(16)4)18(20)21-6/h10-12,17H,7-9H2,1-6H3. The highest BCUT2D eigenvalue weighted by molar-refractivity contribution is 6.83. The van der Waals surface area contributed by atoms with Gasteiger partial charge in [0.25, 0.3) is 0 Å². The van der Waals surface area contributed by atoms with Crippen molar-refractivity contribution in [3.05, 3.63) is 34.9 Å². The Hall–Kier alpha value is -1.42. The third-order valence-corrected chi connectivity index (χ3v) is 11.3. The number of aryl methyl sites for hydroxylation is 1. The van der Waals surface area contributed by atoms with Crippen molar-refractivity contribution in [1.29, 1.82) is 0 Å². The van der Waals surface area contributed by atoms with Gasteiger partial charge < -0.3 is 4.74 Å². The molecule has 22 heavy (non-hydrogen) atoms. The molecule has 1 aromatic carbocycles. The molecule has 4 heteroatoms. The van der Waals surface area contributed by atoms with E-state index in [1.807, 2.05) is 19.1 Å². The second kappa shape index (κ2) is 7.72. The summed E-state index contributed by atoms with van der Waals surface area (Å²) in [5, 5.41) is 0. The molecule has 0 fully saturated rings. The van der Waals surface area contributed by atoms with Gasteiger partial charge in [-0.05, 0) is 37.1 Å². The summed E-state index contributed by atoms with van der Waals surface area (Å²) in [5.41, 5.74) is 2.66. The minimum absolute atomic E-state index is 0.0131. The number of Topliss-reactive ketones (excluding diaryl/α,β-unsaturated/α-hetero) is 1. The van der Waals surface area contributed by atoms with E-state index in [-0.39, 0.29) is 17.3 Å². The van der Waals surface area contributed by atoms with Gasteiger partial charge in [0.15, 0.2) is 0 Å². The minimum atomic E-state index is -1.70. The Morgan fingerprint density at radius 3 is 2.05 bits per heavy atom. The fourth-order valence-electron chi connectivity index (χ4n) is 3.59. The smallest absolute Gasteiger partial charge is 0.337 e. The summed E-state index contributed by atoms with van der Waals surface area (Å²) in [5.74, 6) is -0.0786. The molecule has 1 unspecified atom stereocenters. The number of ether oxygens (including phenoxy) is 1. The molecule has 0 bridgehead atoms. The number of benzene rings is 1. The molecule has 0 radical (unpaired) electrons. The van der Waals surface area contributed by atoms with E-state index in [0.29, 0.717) is 5.56 Å². The van der Waals surface area contributed by atoms with Crippen molar-refractivity contribution < 1.29 is 14.3 Å². The maximum absolute atomic E-state index is 12.4. The molecule has 1 atom stereocenters. The van der Waals surface area contributed by atoms with Crippen LogP contribution in [-0.4, -0.2) is 26.9 Å². The molecule has 0 aliphatic rings. The molecule has 0 saturated carbocycles. The summed E-state index contributed by atoms with van der Waals surface area (Å²) in [6.07, 6.45) is 0. The third-order valence-electron chi connectivity index (χ3n) is 5.13.